The third-order valence-corrected chi connectivity index (χ3v) is 3.77. The van der Waals surface area contributed by atoms with Gasteiger partial charge in [0.25, 0.3) is 0 Å². The molecule has 2 heteroatoms. The highest BCUT2D eigenvalue weighted by Gasteiger charge is 2.07. The highest BCUT2D eigenvalue weighted by molar-refractivity contribution is 4.68. The van der Waals surface area contributed by atoms with Crippen LogP contribution >= 0.6 is 0 Å². The smallest absolute Gasteiger partial charge is 0.00394 e. The molecule has 2 nitrogen and oxygen atoms in total. The van der Waals surface area contributed by atoms with Crippen LogP contribution in [0.1, 0.15) is 90.9 Å². The molecule has 0 amide bonds. The van der Waals surface area contributed by atoms with Gasteiger partial charge in [-0.05, 0) is 25.7 Å². The van der Waals surface area contributed by atoms with Gasteiger partial charge in [-0.3, -0.25) is 0 Å². The molecule has 2 atom stereocenters. The fraction of sp³-hybridized carbons (Fsp3) is 1.00. The zero-order valence-electron chi connectivity index (χ0n) is 12.8. The van der Waals surface area contributed by atoms with Crippen LogP contribution in [0.2, 0.25) is 0 Å². The molecule has 0 aromatic heterocycles. The molecule has 0 aliphatic rings. The van der Waals surface area contributed by atoms with E-state index in [4.69, 9.17) is 11.5 Å². The Morgan fingerprint density at radius 3 is 1.28 bits per heavy atom. The average Bonchev–Trinajstić information content (AvgIpc) is 2.37. The Morgan fingerprint density at radius 1 is 0.556 bits per heavy atom. The molecule has 0 saturated heterocycles. The molecule has 0 radical (unpaired) electrons. The lowest BCUT2D eigenvalue weighted by molar-refractivity contribution is 0.452. The van der Waals surface area contributed by atoms with Crippen LogP contribution in [0.4, 0.5) is 0 Å². The Bertz CT molecular complexity index is 141. The normalized spacial score (nSPS) is 14.7. The van der Waals surface area contributed by atoms with E-state index in [0.29, 0.717) is 12.1 Å². The molecule has 0 aromatic carbocycles. The molecule has 0 aliphatic carbocycles. The van der Waals surface area contributed by atoms with Crippen LogP contribution in [0, 0.1) is 0 Å². The minimum absolute atomic E-state index is 0.378. The first-order chi connectivity index (χ1) is 8.70. The van der Waals surface area contributed by atoms with E-state index < -0.39 is 0 Å². The minimum Gasteiger partial charge on any atom is -0.328 e. The summed E-state index contributed by atoms with van der Waals surface area (Å²) in [7, 11) is 0. The van der Waals surface area contributed by atoms with Gasteiger partial charge in [0.15, 0.2) is 0 Å². The van der Waals surface area contributed by atoms with E-state index in [2.05, 4.69) is 13.8 Å². The maximum atomic E-state index is 6.13. The first-order valence-electron chi connectivity index (χ1n) is 8.21. The molecule has 0 unspecified atom stereocenters. The Labute approximate surface area is 115 Å². The summed E-state index contributed by atoms with van der Waals surface area (Å²) in [5, 5.41) is 0. The van der Waals surface area contributed by atoms with Crippen molar-refractivity contribution in [1.82, 2.24) is 0 Å². The predicted molar refractivity (Wildman–Crippen MR) is 82.7 cm³/mol. The summed E-state index contributed by atoms with van der Waals surface area (Å²) in [5.74, 6) is 0. The van der Waals surface area contributed by atoms with Gasteiger partial charge in [0, 0.05) is 12.1 Å². The van der Waals surface area contributed by atoms with Gasteiger partial charge in [0.05, 0.1) is 0 Å². The third kappa shape index (κ3) is 12.4. The van der Waals surface area contributed by atoms with Crippen molar-refractivity contribution in [1.29, 1.82) is 0 Å². The predicted octanol–water partition coefficient (Wildman–Crippen LogP) is 4.36. The summed E-state index contributed by atoms with van der Waals surface area (Å²) in [5.41, 5.74) is 12.3. The SMILES string of the molecule is CCCCCC[C@H](N)CC[C@@H](N)CCCCCC. The van der Waals surface area contributed by atoms with Crippen LogP contribution in [0.25, 0.3) is 0 Å². The highest BCUT2D eigenvalue weighted by Crippen LogP contribution is 2.12. The number of rotatable bonds is 13. The van der Waals surface area contributed by atoms with Crippen molar-refractivity contribution in [2.24, 2.45) is 11.5 Å². The Morgan fingerprint density at radius 2 is 0.944 bits per heavy atom. The molecule has 0 fully saturated rings. The topological polar surface area (TPSA) is 52.0 Å². The van der Waals surface area contributed by atoms with E-state index in [0.717, 1.165) is 12.8 Å². The third-order valence-electron chi connectivity index (χ3n) is 3.77. The van der Waals surface area contributed by atoms with Crippen LogP contribution in [-0.4, -0.2) is 12.1 Å². The van der Waals surface area contributed by atoms with Crippen molar-refractivity contribution < 1.29 is 0 Å². The molecule has 0 rings (SSSR count). The van der Waals surface area contributed by atoms with Crippen molar-refractivity contribution in [2.75, 3.05) is 0 Å². The monoisotopic (exact) mass is 256 g/mol. The zero-order valence-corrected chi connectivity index (χ0v) is 12.8. The fourth-order valence-corrected chi connectivity index (χ4v) is 2.38. The Hall–Kier alpha value is -0.0800. The van der Waals surface area contributed by atoms with Gasteiger partial charge >= 0.3 is 0 Å². The van der Waals surface area contributed by atoms with E-state index in [1.807, 2.05) is 0 Å². The number of hydrogen-bond acceptors (Lipinski definition) is 2. The maximum absolute atomic E-state index is 6.13. The van der Waals surface area contributed by atoms with Gasteiger partial charge in [-0.25, -0.2) is 0 Å². The fourth-order valence-electron chi connectivity index (χ4n) is 2.38. The molecule has 0 heterocycles. The summed E-state index contributed by atoms with van der Waals surface area (Å²) >= 11 is 0. The maximum Gasteiger partial charge on any atom is 0.00394 e. The summed E-state index contributed by atoms with van der Waals surface area (Å²) in [6.07, 6.45) is 15.2. The molecule has 0 aliphatic heterocycles. The van der Waals surface area contributed by atoms with Crippen molar-refractivity contribution in [3.63, 3.8) is 0 Å². The summed E-state index contributed by atoms with van der Waals surface area (Å²) in [4.78, 5) is 0. The minimum atomic E-state index is 0.378. The van der Waals surface area contributed by atoms with Gasteiger partial charge in [-0.2, -0.15) is 0 Å². The van der Waals surface area contributed by atoms with E-state index in [9.17, 15) is 0 Å². The largest absolute Gasteiger partial charge is 0.328 e. The second-order valence-corrected chi connectivity index (χ2v) is 5.80. The van der Waals surface area contributed by atoms with Crippen molar-refractivity contribution >= 4 is 0 Å². The lowest BCUT2D eigenvalue weighted by atomic mass is 9.98. The zero-order chi connectivity index (χ0) is 13.6. The molecular weight excluding hydrogens is 220 g/mol. The Balaban J connectivity index is 3.32. The molecular formula is C16H36N2. The molecule has 4 N–H and O–H groups in total. The highest BCUT2D eigenvalue weighted by atomic mass is 14.7. The van der Waals surface area contributed by atoms with Gasteiger partial charge in [-0.1, -0.05) is 65.2 Å². The van der Waals surface area contributed by atoms with Crippen LogP contribution in [0.5, 0.6) is 0 Å². The summed E-state index contributed by atoms with van der Waals surface area (Å²) < 4.78 is 0. The average molecular weight is 256 g/mol. The van der Waals surface area contributed by atoms with Gasteiger partial charge in [0.2, 0.25) is 0 Å². The number of unbranched alkanes of at least 4 members (excludes halogenated alkanes) is 6. The molecule has 0 bridgehead atoms. The van der Waals surface area contributed by atoms with E-state index >= 15 is 0 Å². The van der Waals surface area contributed by atoms with E-state index in [1.165, 1.54) is 64.2 Å². The van der Waals surface area contributed by atoms with Crippen LogP contribution in [-0.2, 0) is 0 Å². The molecule has 0 aromatic rings. The molecule has 0 saturated carbocycles. The Kier molecular flexibility index (Phi) is 13.3. The second-order valence-electron chi connectivity index (χ2n) is 5.80. The van der Waals surface area contributed by atoms with Crippen LogP contribution < -0.4 is 11.5 Å². The van der Waals surface area contributed by atoms with Gasteiger partial charge in [0.1, 0.15) is 0 Å². The quantitative estimate of drug-likeness (QED) is 0.481. The molecule has 110 valence electrons. The molecule has 0 spiro atoms. The van der Waals surface area contributed by atoms with Crippen LogP contribution in [0.15, 0.2) is 0 Å². The van der Waals surface area contributed by atoms with Gasteiger partial charge < -0.3 is 11.5 Å². The van der Waals surface area contributed by atoms with E-state index in [1.54, 1.807) is 0 Å². The number of nitrogens with two attached hydrogens (primary N) is 2. The second kappa shape index (κ2) is 13.4. The lowest BCUT2D eigenvalue weighted by Gasteiger charge is -2.15. The summed E-state index contributed by atoms with van der Waals surface area (Å²) in [6.45, 7) is 4.50. The standard InChI is InChI=1S/C16H36N2/c1-3-5-7-9-11-15(17)13-14-16(18)12-10-8-6-4-2/h15-16H,3-14,17-18H2,1-2H3/t15-,16-/m0/s1. The molecule has 18 heavy (non-hydrogen) atoms. The lowest BCUT2D eigenvalue weighted by Crippen LogP contribution is -2.26. The van der Waals surface area contributed by atoms with E-state index in [-0.39, 0.29) is 0 Å². The van der Waals surface area contributed by atoms with Crippen molar-refractivity contribution in [2.45, 2.75) is 103 Å². The van der Waals surface area contributed by atoms with Crippen molar-refractivity contribution in [3.8, 4) is 0 Å². The van der Waals surface area contributed by atoms with Gasteiger partial charge in [-0.15, -0.1) is 0 Å². The van der Waals surface area contributed by atoms with Crippen molar-refractivity contribution in [3.05, 3.63) is 0 Å². The first-order valence-corrected chi connectivity index (χ1v) is 8.21. The summed E-state index contributed by atoms with van der Waals surface area (Å²) in [6, 6.07) is 0.757. The van der Waals surface area contributed by atoms with Crippen LogP contribution in [0.3, 0.4) is 0 Å². The number of hydrogen-bond donors (Lipinski definition) is 2. The first kappa shape index (κ1) is 17.9.